The summed E-state index contributed by atoms with van der Waals surface area (Å²) >= 11 is 0. The predicted octanol–water partition coefficient (Wildman–Crippen LogP) is 2.05. The monoisotopic (exact) mass is 241 g/mol. The van der Waals surface area contributed by atoms with Crippen molar-refractivity contribution in [3.63, 3.8) is 0 Å². The topological polar surface area (TPSA) is 59.2 Å². The zero-order valence-corrected chi connectivity index (χ0v) is 10.3. The number of nitrogen functional groups attached to an aromatic ring is 1. The Balaban J connectivity index is 2.12. The lowest BCUT2D eigenvalue weighted by Crippen LogP contribution is -2.29. The molecule has 1 fully saturated rings. The third-order valence-electron chi connectivity index (χ3n) is 3.38. The largest absolute Gasteiger partial charge is 0.384 e. The van der Waals surface area contributed by atoms with Crippen LogP contribution in [0.1, 0.15) is 23.2 Å². The number of hydrogen-bond donors (Lipinski definition) is 1. The standard InChI is InChI=1S/C14H15N3O/c1-17(9-6-7-9)14(18)11-8-13(15)16-12-5-3-2-4-10(11)12/h2-5,8-9H,6-7H2,1H3,(H2,15,16). The molecule has 2 aromatic rings. The van der Waals surface area contributed by atoms with Crippen molar-refractivity contribution < 1.29 is 4.79 Å². The molecule has 1 aromatic heterocycles. The van der Waals surface area contributed by atoms with Gasteiger partial charge in [-0.3, -0.25) is 4.79 Å². The van der Waals surface area contributed by atoms with E-state index in [1.54, 1.807) is 11.0 Å². The van der Waals surface area contributed by atoms with Crippen molar-refractivity contribution in [1.29, 1.82) is 0 Å². The highest BCUT2D eigenvalue weighted by molar-refractivity contribution is 6.06. The minimum absolute atomic E-state index is 0.0304. The Morgan fingerprint density at radius 2 is 2.11 bits per heavy atom. The smallest absolute Gasteiger partial charge is 0.254 e. The summed E-state index contributed by atoms with van der Waals surface area (Å²) in [6, 6.07) is 9.66. The summed E-state index contributed by atoms with van der Waals surface area (Å²) in [5, 5.41) is 0.865. The Morgan fingerprint density at radius 3 is 2.83 bits per heavy atom. The molecule has 1 heterocycles. The van der Waals surface area contributed by atoms with Gasteiger partial charge >= 0.3 is 0 Å². The lowest BCUT2D eigenvalue weighted by atomic mass is 10.1. The van der Waals surface area contributed by atoms with E-state index >= 15 is 0 Å². The van der Waals surface area contributed by atoms with Crippen LogP contribution < -0.4 is 5.73 Å². The Morgan fingerprint density at radius 1 is 1.39 bits per heavy atom. The van der Waals surface area contributed by atoms with E-state index in [4.69, 9.17) is 5.73 Å². The summed E-state index contributed by atoms with van der Waals surface area (Å²) in [5.74, 6) is 0.420. The van der Waals surface area contributed by atoms with Crippen LogP contribution in [0.15, 0.2) is 30.3 Å². The van der Waals surface area contributed by atoms with E-state index in [1.807, 2.05) is 31.3 Å². The van der Waals surface area contributed by atoms with Gasteiger partial charge in [-0.2, -0.15) is 0 Å². The summed E-state index contributed by atoms with van der Waals surface area (Å²) in [4.78, 5) is 18.5. The third-order valence-corrected chi connectivity index (χ3v) is 3.38. The number of para-hydroxylation sites is 1. The first-order valence-electron chi connectivity index (χ1n) is 6.09. The average molecular weight is 241 g/mol. The molecule has 1 amide bonds. The van der Waals surface area contributed by atoms with Crippen LogP contribution in [0.25, 0.3) is 10.9 Å². The number of nitrogens with two attached hydrogens (primary N) is 1. The fraction of sp³-hybridized carbons (Fsp3) is 0.286. The van der Waals surface area contributed by atoms with Crippen LogP contribution in [0, 0.1) is 0 Å². The van der Waals surface area contributed by atoms with Crippen LogP contribution in [0.2, 0.25) is 0 Å². The van der Waals surface area contributed by atoms with Gasteiger partial charge in [0, 0.05) is 18.5 Å². The highest BCUT2D eigenvalue weighted by Crippen LogP contribution is 2.28. The van der Waals surface area contributed by atoms with Gasteiger partial charge in [0.05, 0.1) is 11.1 Å². The first kappa shape index (κ1) is 11.0. The van der Waals surface area contributed by atoms with Gasteiger partial charge in [0.25, 0.3) is 5.91 Å². The van der Waals surface area contributed by atoms with Gasteiger partial charge in [0.15, 0.2) is 0 Å². The van der Waals surface area contributed by atoms with E-state index in [0.717, 1.165) is 23.7 Å². The number of carbonyl (C=O) groups is 1. The van der Waals surface area contributed by atoms with Gasteiger partial charge in [-0.05, 0) is 25.0 Å². The Labute approximate surface area is 105 Å². The van der Waals surface area contributed by atoms with Gasteiger partial charge in [0.2, 0.25) is 0 Å². The second kappa shape index (κ2) is 3.98. The molecule has 0 atom stereocenters. The number of benzene rings is 1. The van der Waals surface area contributed by atoms with Crippen LogP contribution in [-0.4, -0.2) is 28.9 Å². The molecule has 4 nitrogen and oxygen atoms in total. The second-order valence-corrected chi connectivity index (χ2v) is 4.76. The number of amides is 1. The first-order chi connectivity index (χ1) is 8.66. The minimum Gasteiger partial charge on any atom is -0.384 e. The van der Waals surface area contributed by atoms with Gasteiger partial charge in [-0.15, -0.1) is 0 Å². The zero-order chi connectivity index (χ0) is 12.7. The molecule has 1 aromatic carbocycles. The van der Waals surface area contributed by atoms with Crippen molar-refractivity contribution in [2.75, 3.05) is 12.8 Å². The highest BCUT2D eigenvalue weighted by Gasteiger charge is 2.30. The van der Waals surface area contributed by atoms with Crippen molar-refractivity contribution in [2.24, 2.45) is 0 Å². The number of anilines is 1. The van der Waals surface area contributed by atoms with E-state index in [0.29, 0.717) is 17.4 Å². The van der Waals surface area contributed by atoms with Gasteiger partial charge in [-0.1, -0.05) is 18.2 Å². The van der Waals surface area contributed by atoms with Crippen LogP contribution >= 0.6 is 0 Å². The molecule has 92 valence electrons. The van der Waals surface area contributed by atoms with Crippen LogP contribution in [0.5, 0.6) is 0 Å². The Kier molecular flexibility index (Phi) is 2.44. The molecular weight excluding hydrogens is 226 g/mol. The molecule has 0 aliphatic heterocycles. The minimum atomic E-state index is 0.0304. The van der Waals surface area contributed by atoms with Gasteiger partial charge in [-0.25, -0.2) is 4.98 Å². The van der Waals surface area contributed by atoms with Crippen molar-refractivity contribution in [2.45, 2.75) is 18.9 Å². The van der Waals surface area contributed by atoms with Crippen LogP contribution in [0.3, 0.4) is 0 Å². The number of pyridine rings is 1. The maximum atomic E-state index is 12.4. The number of aromatic nitrogens is 1. The molecule has 1 aliphatic carbocycles. The van der Waals surface area contributed by atoms with E-state index in [1.165, 1.54) is 0 Å². The molecule has 0 radical (unpaired) electrons. The summed E-state index contributed by atoms with van der Waals surface area (Å²) in [6.07, 6.45) is 2.20. The van der Waals surface area contributed by atoms with E-state index in [9.17, 15) is 4.79 Å². The van der Waals surface area contributed by atoms with E-state index in [2.05, 4.69) is 4.98 Å². The predicted molar refractivity (Wildman–Crippen MR) is 71.3 cm³/mol. The molecule has 2 N–H and O–H groups in total. The quantitative estimate of drug-likeness (QED) is 0.875. The first-order valence-corrected chi connectivity index (χ1v) is 6.09. The SMILES string of the molecule is CN(C(=O)c1cc(N)nc2ccccc12)C1CC1. The zero-order valence-electron chi connectivity index (χ0n) is 10.3. The normalized spacial score (nSPS) is 14.7. The van der Waals surface area contributed by atoms with Crippen molar-refractivity contribution in [3.05, 3.63) is 35.9 Å². The van der Waals surface area contributed by atoms with Gasteiger partial charge in [0.1, 0.15) is 5.82 Å². The summed E-state index contributed by atoms with van der Waals surface area (Å²) in [5.41, 5.74) is 7.19. The fourth-order valence-corrected chi connectivity index (χ4v) is 2.19. The summed E-state index contributed by atoms with van der Waals surface area (Å²) in [7, 11) is 1.85. The van der Waals surface area contributed by atoms with Crippen LogP contribution in [-0.2, 0) is 0 Å². The highest BCUT2D eigenvalue weighted by atomic mass is 16.2. The summed E-state index contributed by atoms with van der Waals surface area (Å²) < 4.78 is 0. The second-order valence-electron chi connectivity index (χ2n) is 4.76. The molecule has 0 saturated heterocycles. The average Bonchev–Trinajstić information content (AvgIpc) is 3.20. The lowest BCUT2D eigenvalue weighted by molar-refractivity contribution is 0.0787. The summed E-state index contributed by atoms with van der Waals surface area (Å²) in [6.45, 7) is 0. The third kappa shape index (κ3) is 1.79. The number of hydrogen-bond acceptors (Lipinski definition) is 3. The van der Waals surface area contributed by atoms with Crippen LogP contribution in [0.4, 0.5) is 5.82 Å². The molecule has 1 saturated carbocycles. The maximum Gasteiger partial charge on any atom is 0.254 e. The molecule has 0 unspecified atom stereocenters. The van der Waals surface area contributed by atoms with Crippen molar-refractivity contribution in [3.8, 4) is 0 Å². The lowest BCUT2D eigenvalue weighted by Gasteiger charge is -2.17. The maximum absolute atomic E-state index is 12.4. The molecular formula is C14H15N3O. The number of carbonyl (C=O) groups excluding carboxylic acids is 1. The molecule has 0 spiro atoms. The molecule has 3 rings (SSSR count). The van der Waals surface area contributed by atoms with E-state index in [-0.39, 0.29) is 5.91 Å². The van der Waals surface area contributed by atoms with E-state index < -0.39 is 0 Å². The van der Waals surface area contributed by atoms with Gasteiger partial charge < -0.3 is 10.6 Å². The fourth-order valence-electron chi connectivity index (χ4n) is 2.19. The number of rotatable bonds is 2. The molecule has 4 heteroatoms. The van der Waals surface area contributed by atoms with Crippen molar-refractivity contribution >= 4 is 22.6 Å². The molecule has 18 heavy (non-hydrogen) atoms. The Hall–Kier alpha value is -2.10. The number of fused-ring (bicyclic) bond motifs is 1. The molecule has 0 bridgehead atoms. The number of nitrogens with zero attached hydrogens (tertiary/aromatic N) is 2. The Bertz CT molecular complexity index is 619. The van der Waals surface area contributed by atoms with Crippen molar-refractivity contribution in [1.82, 2.24) is 9.88 Å². The molecule has 1 aliphatic rings.